The van der Waals surface area contributed by atoms with E-state index in [1.807, 2.05) is 38.1 Å². The molecule has 0 aliphatic carbocycles. The second-order valence-electron chi connectivity index (χ2n) is 6.61. The van der Waals surface area contributed by atoms with Crippen LogP contribution in [0.1, 0.15) is 44.6 Å². The number of carbonyl (C=O) groups excluding carboxylic acids is 2. The van der Waals surface area contributed by atoms with Gasteiger partial charge in [-0.3, -0.25) is 9.59 Å². The number of aliphatic hydroxyl groups excluding tert-OH is 1. The number of aliphatic hydroxyl groups is 1. The lowest BCUT2D eigenvalue weighted by molar-refractivity contribution is -0.125. The van der Waals surface area contributed by atoms with Crippen LogP contribution < -0.4 is 10.6 Å². The molecule has 0 aromatic heterocycles. The molecule has 1 aliphatic rings. The van der Waals surface area contributed by atoms with Crippen LogP contribution in [-0.4, -0.2) is 30.1 Å². The Morgan fingerprint density at radius 3 is 2.82 bits per heavy atom. The van der Waals surface area contributed by atoms with Crippen molar-refractivity contribution in [1.82, 2.24) is 5.32 Å². The molecule has 1 atom stereocenters. The third kappa shape index (κ3) is 4.07. The molecular weight excluding hydrogens is 280 g/mol. The van der Waals surface area contributed by atoms with Crippen molar-refractivity contribution in [3.63, 3.8) is 0 Å². The number of hydrogen-bond donors (Lipinski definition) is 3. The Morgan fingerprint density at radius 2 is 2.09 bits per heavy atom. The molecule has 22 heavy (non-hydrogen) atoms. The minimum atomic E-state index is -0.398. The number of amides is 2. The zero-order valence-electron chi connectivity index (χ0n) is 13.2. The first-order chi connectivity index (χ1) is 10.4. The van der Waals surface area contributed by atoms with Crippen LogP contribution in [0.5, 0.6) is 0 Å². The Balaban J connectivity index is 1.79. The summed E-state index contributed by atoms with van der Waals surface area (Å²) in [5.41, 5.74) is 1.58. The van der Waals surface area contributed by atoms with Crippen LogP contribution in [0.2, 0.25) is 0 Å². The van der Waals surface area contributed by atoms with Gasteiger partial charge in [-0.05, 0) is 29.9 Å². The zero-order valence-corrected chi connectivity index (χ0v) is 13.2. The molecule has 1 aromatic rings. The van der Waals surface area contributed by atoms with Gasteiger partial charge in [0.2, 0.25) is 11.8 Å². The predicted molar refractivity (Wildman–Crippen MR) is 85.5 cm³/mol. The molecule has 0 fully saturated rings. The first kappa shape index (κ1) is 16.5. The normalized spacial score (nSPS) is 17.0. The summed E-state index contributed by atoms with van der Waals surface area (Å²) in [5.74, 6) is -0.624. The van der Waals surface area contributed by atoms with E-state index in [0.29, 0.717) is 6.54 Å². The molecule has 1 aromatic carbocycles. The average Bonchev–Trinajstić information content (AvgIpc) is 2.80. The number of nitrogens with one attached hydrogen (secondary N) is 2. The van der Waals surface area contributed by atoms with E-state index in [1.165, 1.54) is 0 Å². The Kier molecular flexibility index (Phi) is 5.19. The number of benzene rings is 1. The molecule has 5 heteroatoms. The SMILES string of the molecule is CC(C)(CO)CCCNC(=O)CC1C(=O)Nc2ccccc21. The van der Waals surface area contributed by atoms with Gasteiger partial charge < -0.3 is 15.7 Å². The standard InChI is InChI=1S/C17H24N2O3/c1-17(2,11-20)8-5-9-18-15(21)10-13-12-6-3-4-7-14(12)19-16(13)22/h3-4,6-7,13,20H,5,8-11H2,1-2H3,(H,18,21)(H,19,22). The Morgan fingerprint density at radius 1 is 1.36 bits per heavy atom. The zero-order chi connectivity index (χ0) is 16.2. The minimum Gasteiger partial charge on any atom is -0.396 e. The topological polar surface area (TPSA) is 78.4 Å². The molecule has 0 spiro atoms. The van der Waals surface area contributed by atoms with Crippen molar-refractivity contribution < 1.29 is 14.7 Å². The van der Waals surface area contributed by atoms with E-state index in [2.05, 4.69) is 10.6 Å². The molecular formula is C17H24N2O3. The van der Waals surface area contributed by atoms with Crippen molar-refractivity contribution in [3.8, 4) is 0 Å². The van der Waals surface area contributed by atoms with Crippen LogP contribution >= 0.6 is 0 Å². The Labute approximate surface area is 131 Å². The second kappa shape index (κ2) is 6.92. The van der Waals surface area contributed by atoms with Crippen molar-refractivity contribution in [1.29, 1.82) is 0 Å². The molecule has 1 unspecified atom stereocenters. The molecule has 1 aliphatic heterocycles. The summed E-state index contributed by atoms with van der Waals surface area (Å²) in [6.07, 6.45) is 1.83. The van der Waals surface area contributed by atoms with Gasteiger partial charge in [-0.15, -0.1) is 0 Å². The van der Waals surface area contributed by atoms with E-state index in [0.717, 1.165) is 24.1 Å². The summed E-state index contributed by atoms with van der Waals surface area (Å²) in [7, 11) is 0. The van der Waals surface area contributed by atoms with Gasteiger partial charge in [-0.25, -0.2) is 0 Å². The van der Waals surface area contributed by atoms with Gasteiger partial charge in [0.05, 0.1) is 5.92 Å². The number of para-hydroxylation sites is 1. The van der Waals surface area contributed by atoms with E-state index >= 15 is 0 Å². The molecule has 0 saturated carbocycles. The van der Waals surface area contributed by atoms with Crippen LogP contribution in [0.25, 0.3) is 0 Å². The fourth-order valence-corrected chi connectivity index (χ4v) is 2.61. The third-order valence-corrected chi connectivity index (χ3v) is 4.08. The maximum atomic E-state index is 12.0. The molecule has 5 nitrogen and oxygen atoms in total. The van der Waals surface area contributed by atoms with Crippen molar-refractivity contribution in [2.45, 2.75) is 39.0 Å². The first-order valence-electron chi connectivity index (χ1n) is 7.70. The fourth-order valence-electron chi connectivity index (χ4n) is 2.61. The average molecular weight is 304 g/mol. The lowest BCUT2D eigenvalue weighted by Crippen LogP contribution is -2.29. The van der Waals surface area contributed by atoms with Crippen LogP contribution in [0.15, 0.2) is 24.3 Å². The van der Waals surface area contributed by atoms with Gasteiger partial charge in [0.1, 0.15) is 0 Å². The lowest BCUT2D eigenvalue weighted by Gasteiger charge is -2.21. The highest BCUT2D eigenvalue weighted by molar-refractivity contribution is 6.04. The highest BCUT2D eigenvalue weighted by Gasteiger charge is 2.31. The van der Waals surface area contributed by atoms with E-state index < -0.39 is 5.92 Å². The summed E-state index contributed by atoms with van der Waals surface area (Å²) in [4.78, 5) is 24.0. The van der Waals surface area contributed by atoms with E-state index in [4.69, 9.17) is 0 Å². The Bertz CT molecular complexity index is 555. The van der Waals surface area contributed by atoms with Gasteiger partial charge in [-0.1, -0.05) is 32.0 Å². The number of rotatable bonds is 7. The molecule has 2 rings (SSSR count). The minimum absolute atomic E-state index is 0.112. The summed E-state index contributed by atoms with van der Waals surface area (Å²) in [5, 5.41) is 14.8. The van der Waals surface area contributed by atoms with Crippen molar-refractivity contribution in [3.05, 3.63) is 29.8 Å². The summed E-state index contributed by atoms with van der Waals surface area (Å²) < 4.78 is 0. The van der Waals surface area contributed by atoms with E-state index in [-0.39, 0.29) is 30.3 Å². The molecule has 0 bridgehead atoms. The number of hydrogen-bond acceptors (Lipinski definition) is 3. The first-order valence-corrected chi connectivity index (χ1v) is 7.70. The molecule has 2 amide bonds. The molecule has 120 valence electrons. The van der Waals surface area contributed by atoms with Crippen molar-refractivity contribution in [2.75, 3.05) is 18.5 Å². The predicted octanol–water partition coefficient (Wildman–Crippen LogP) is 2.03. The summed E-state index contributed by atoms with van der Waals surface area (Å²) in [6.45, 7) is 4.70. The van der Waals surface area contributed by atoms with Crippen LogP contribution in [0.4, 0.5) is 5.69 Å². The van der Waals surface area contributed by atoms with E-state index in [1.54, 1.807) is 0 Å². The molecule has 3 N–H and O–H groups in total. The number of fused-ring (bicyclic) bond motifs is 1. The monoisotopic (exact) mass is 304 g/mol. The smallest absolute Gasteiger partial charge is 0.232 e. The van der Waals surface area contributed by atoms with Crippen LogP contribution in [0.3, 0.4) is 0 Å². The molecule has 0 saturated heterocycles. The van der Waals surface area contributed by atoms with Gasteiger partial charge in [0, 0.05) is 25.3 Å². The maximum Gasteiger partial charge on any atom is 0.232 e. The van der Waals surface area contributed by atoms with Crippen molar-refractivity contribution >= 4 is 17.5 Å². The quantitative estimate of drug-likeness (QED) is 0.674. The molecule has 0 radical (unpaired) electrons. The van der Waals surface area contributed by atoms with E-state index in [9.17, 15) is 14.7 Å². The number of carbonyl (C=O) groups is 2. The highest BCUT2D eigenvalue weighted by atomic mass is 16.3. The Hall–Kier alpha value is -1.88. The lowest BCUT2D eigenvalue weighted by atomic mass is 9.89. The number of anilines is 1. The van der Waals surface area contributed by atoms with Gasteiger partial charge in [0.25, 0.3) is 0 Å². The van der Waals surface area contributed by atoms with Gasteiger partial charge in [0.15, 0.2) is 0 Å². The molecule has 1 heterocycles. The van der Waals surface area contributed by atoms with Crippen LogP contribution in [0, 0.1) is 5.41 Å². The maximum absolute atomic E-state index is 12.0. The van der Waals surface area contributed by atoms with Gasteiger partial charge >= 0.3 is 0 Å². The third-order valence-electron chi connectivity index (χ3n) is 4.08. The second-order valence-corrected chi connectivity index (χ2v) is 6.61. The summed E-state index contributed by atoms with van der Waals surface area (Å²) >= 11 is 0. The largest absolute Gasteiger partial charge is 0.396 e. The fraction of sp³-hybridized carbons (Fsp3) is 0.529. The van der Waals surface area contributed by atoms with Gasteiger partial charge in [-0.2, -0.15) is 0 Å². The van der Waals surface area contributed by atoms with Crippen LogP contribution in [-0.2, 0) is 9.59 Å². The van der Waals surface area contributed by atoms with Crippen molar-refractivity contribution in [2.24, 2.45) is 5.41 Å². The summed E-state index contributed by atoms with van der Waals surface area (Å²) in [6, 6.07) is 7.47. The highest BCUT2D eigenvalue weighted by Crippen LogP contribution is 2.34.